The molecule has 0 atom stereocenters. The van der Waals surface area contributed by atoms with E-state index < -0.39 is 0 Å². The number of aryl methyl sites for hydroxylation is 1. The van der Waals surface area contributed by atoms with E-state index in [2.05, 4.69) is 27.9 Å². The average Bonchev–Trinajstić information content (AvgIpc) is 3.12. The van der Waals surface area contributed by atoms with E-state index in [9.17, 15) is 0 Å². The van der Waals surface area contributed by atoms with E-state index >= 15 is 0 Å². The predicted octanol–water partition coefficient (Wildman–Crippen LogP) is 4.26. The van der Waals surface area contributed by atoms with Crippen molar-refractivity contribution in [3.05, 3.63) is 70.2 Å². The van der Waals surface area contributed by atoms with Crippen LogP contribution in [0.2, 0.25) is 5.02 Å². The van der Waals surface area contributed by atoms with E-state index in [0.717, 1.165) is 36.8 Å². The first-order valence-electron chi connectivity index (χ1n) is 8.06. The lowest BCUT2D eigenvalue weighted by atomic mass is 10.0. The van der Waals surface area contributed by atoms with Crippen LogP contribution in [0.15, 0.2) is 47.2 Å². The maximum atomic E-state index is 6.37. The smallest absolute Gasteiger partial charge is 0.195 e. The van der Waals surface area contributed by atoms with Gasteiger partial charge in [-0.05, 0) is 36.2 Å². The van der Waals surface area contributed by atoms with Crippen LogP contribution in [0.3, 0.4) is 0 Å². The van der Waals surface area contributed by atoms with E-state index in [1.54, 1.807) is 6.26 Å². The third-order valence-corrected chi connectivity index (χ3v) is 4.84. The van der Waals surface area contributed by atoms with Crippen LogP contribution in [-0.4, -0.2) is 21.4 Å². The summed E-state index contributed by atoms with van der Waals surface area (Å²) in [5, 5.41) is 0.838. The Kier molecular flexibility index (Phi) is 4.08. The van der Waals surface area contributed by atoms with Crippen LogP contribution in [0.25, 0.3) is 11.6 Å². The van der Waals surface area contributed by atoms with E-state index in [0.29, 0.717) is 11.6 Å². The highest BCUT2D eigenvalue weighted by Crippen LogP contribution is 2.25. The highest BCUT2D eigenvalue weighted by Gasteiger charge is 2.20. The molecule has 1 aliphatic heterocycles. The van der Waals surface area contributed by atoms with Crippen molar-refractivity contribution in [2.24, 2.45) is 0 Å². The number of rotatable bonds is 3. The minimum Gasteiger partial charge on any atom is -0.461 e. The molecule has 5 heteroatoms. The molecule has 4 rings (SSSR count). The third kappa shape index (κ3) is 2.95. The zero-order valence-corrected chi connectivity index (χ0v) is 14.3. The number of nitrogens with zero attached hydrogens (tertiary/aromatic N) is 3. The predicted molar refractivity (Wildman–Crippen MR) is 93.7 cm³/mol. The third-order valence-electron chi connectivity index (χ3n) is 4.49. The summed E-state index contributed by atoms with van der Waals surface area (Å²) in [6.07, 6.45) is 4.48. The standard InChI is InChI=1S/C19H18ClN3O/c1-13-4-2-5-16(20)15(13)12-23-8-7-17-14(11-23)10-21-19(22-17)18-6-3-9-24-18/h2-6,9-10H,7-8,11-12H2,1H3. The van der Waals surface area contributed by atoms with E-state index in [-0.39, 0.29) is 0 Å². The molecule has 0 aliphatic carbocycles. The normalized spacial score (nSPS) is 14.6. The number of halogens is 1. The summed E-state index contributed by atoms with van der Waals surface area (Å²) < 4.78 is 5.39. The second-order valence-corrected chi connectivity index (χ2v) is 6.55. The SMILES string of the molecule is Cc1cccc(Cl)c1CN1CCc2nc(-c3ccco3)ncc2C1. The Morgan fingerprint density at radius 2 is 2.17 bits per heavy atom. The number of fused-ring (bicyclic) bond motifs is 1. The average molecular weight is 340 g/mol. The highest BCUT2D eigenvalue weighted by atomic mass is 35.5. The first-order valence-corrected chi connectivity index (χ1v) is 8.43. The molecule has 0 radical (unpaired) electrons. The monoisotopic (exact) mass is 339 g/mol. The molecule has 2 aromatic heterocycles. The summed E-state index contributed by atoms with van der Waals surface area (Å²) in [5.74, 6) is 1.38. The molecular formula is C19H18ClN3O. The van der Waals surface area contributed by atoms with Crippen LogP contribution in [-0.2, 0) is 19.5 Å². The van der Waals surface area contributed by atoms with Crippen LogP contribution in [0.4, 0.5) is 0 Å². The van der Waals surface area contributed by atoms with Gasteiger partial charge in [0.1, 0.15) is 0 Å². The molecule has 1 aliphatic rings. The summed E-state index contributed by atoms with van der Waals surface area (Å²) in [4.78, 5) is 11.5. The summed E-state index contributed by atoms with van der Waals surface area (Å²) in [5.41, 5.74) is 4.73. The van der Waals surface area contributed by atoms with Gasteiger partial charge in [-0.1, -0.05) is 23.7 Å². The Morgan fingerprint density at radius 3 is 2.96 bits per heavy atom. The summed E-state index contributed by atoms with van der Waals surface area (Å²) in [6.45, 7) is 4.77. The van der Waals surface area contributed by atoms with Gasteiger partial charge >= 0.3 is 0 Å². The molecule has 3 aromatic rings. The molecule has 0 amide bonds. The van der Waals surface area contributed by atoms with Crippen LogP contribution in [0.1, 0.15) is 22.4 Å². The number of hydrogen-bond acceptors (Lipinski definition) is 4. The molecule has 24 heavy (non-hydrogen) atoms. The lowest BCUT2D eigenvalue weighted by Gasteiger charge is -2.28. The van der Waals surface area contributed by atoms with Crippen molar-refractivity contribution in [3.8, 4) is 11.6 Å². The Hall–Kier alpha value is -2.17. The van der Waals surface area contributed by atoms with Gasteiger partial charge < -0.3 is 4.42 Å². The Morgan fingerprint density at radius 1 is 1.25 bits per heavy atom. The van der Waals surface area contributed by atoms with Gasteiger partial charge in [0.25, 0.3) is 0 Å². The fourth-order valence-electron chi connectivity index (χ4n) is 3.12. The van der Waals surface area contributed by atoms with Crippen molar-refractivity contribution >= 4 is 11.6 Å². The molecule has 0 saturated heterocycles. The molecular weight excluding hydrogens is 322 g/mol. The lowest BCUT2D eigenvalue weighted by molar-refractivity contribution is 0.242. The second kappa shape index (κ2) is 6.38. The van der Waals surface area contributed by atoms with Crippen LogP contribution >= 0.6 is 11.6 Å². The topological polar surface area (TPSA) is 42.2 Å². The summed E-state index contributed by atoms with van der Waals surface area (Å²) >= 11 is 6.37. The van der Waals surface area contributed by atoms with Crippen molar-refractivity contribution in [2.45, 2.75) is 26.4 Å². The molecule has 3 heterocycles. The van der Waals surface area contributed by atoms with Crippen molar-refractivity contribution < 1.29 is 4.42 Å². The van der Waals surface area contributed by atoms with Crippen molar-refractivity contribution in [1.82, 2.24) is 14.9 Å². The molecule has 0 spiro atoms. The number of furan rings is 1. The largest absolute Gasteiger partial charge is 0.461 e. The maximum absolute atomic E-state index is 6.37. The molecule has 0 bridgehead atoms. The lowest BCUT2D eigenvalue weighted by Crippen LogP contribution is -2.31. The van der Waals surface area contributed by atoms with Gasteiger partial charge in [0, 0.05) is 42.8 Å². The highest BCUT2D eigenvalue weighted by molar-refractivity contribution is 6.31. The molecule has 1 aromatic carbocycles. The Balaban J connectivity index is 1.54. The van der Waals surface area contributed by atoms with Crippen LogP contribution < -0.4 is 0 Å². The number of aromatic nitrogens is 2. The summed E-state index contributed by atoms with van der Waals surface area (Å²) in [6, 6.07) is 9.80. The van der Waals surface area contributed by atoms with Crippen molar-refractivity contribution in [1.29, 1.82) is 0 Å². The Labute approximate surface area is 146 Å². The zero-order valence-electron chi connectivity index (χ0n) is 13.5. The van der Waals surface area contributed by atoms with Crippen molar-refractivity contribution in [2.75, 3.05) is 6.54 Å². The molecule has 0 saturated carbocycles. The fraction of sp³-hybridized carbons (Fsp3) is 0.263. The van der Waals surface area contributed by atoms with Gasteiger partial charge in [-0.25, -0.2) is 9.97 Å². The van der Waals surface area contributed by atoms with Gasteiger partial charge in [-0.3, -0.25) is 4.90 Å². The van der Waals surface area contributed by atoms with Crippen molar-refractivity contribution in [3.63, 3.8) is 0 Å². The molecule has 0 fully saturated rings. The van der Waals surface area contributed by atoms with E-state index in [4.69, 9.17) is 16.0 Å². The molecule has 0 unspecified atom stereocenters. The quantitative estimate of drug-likeness (QED) is 0.715. The zero-order chi connectivity index (χ0) is 16.5. The van der Waals surface area contributed by atoms with Crippen LogP contribution in [0, 0.1) is 6.92 Å². The number of benzene rings is 1. The minimum atomic E-state index is 0.661. The van der Waals surface area contributed by atoms with E-state index in [1.807, 2.05) is 30.5 Å². The first kappa shape index (κ1) is 15.4. The minimum absolute atomic E-state index is 0.661. The molecule has 0 N–H and O–H groups in total. The van der Waals surface area contributed by atoms with Crippen LogP contribution in [0.5, 0.6) is 0 Å². The summed E-state index contributed by atoms with van der Waals surface area (Å²) in [7, 11) is 0. The fourth-order valence-corrected chi connectivity index (χ4v) is 3.41. The van der Waals surface area contributed by atoms with Gasteiger partial charge in [0.15, 0.2) is 11.6 Å². The number of hydrogen-bond donors (Lipinski definition) is 0. The molecule has 4 nitrogen and oxygen atoms in total. The van der Waals surface area contributed by atoms with Gasteiger partial charge in [-0.15, -0.1) is 0 Å². The van der Waals surface area contributed by atoms with E-state index in [1.165, 1.54) is 16.7 Å². The molecule has 122 valence electrons. The Bertz CT molecular complexity index is 841. The first-order chi connectivity index (χ1) is 11.7. The maximum Gasteiger partial charge on any atom is 0.195 e. The van der Waals surface area contributed by atoms with Gasteiger partial charge in [0.2, 0.25) is 0 Å². The second-order valence-electron chi connectivity index (χ2n) is 6.14. The van der Waals surface area contributed by atoms with Gasteiger partial charge in [0.05, 0.1) is 12.0 Å². The van der Waals surface area contributed by atoms with Gasteiger partial charge in [-0.2, -0.15) is 0 Å².